The molecule has 0 unspecified atom stereocenters. The van der Waals surface area contributed by atoms with Crippen molar-refractivity contribution < 1.29 is 14.3 Å². The van der Waals surface area contributed by atoms with Crippen LogP contribution in [-0.2, 0) is 11.3 Å². The van der Waals surface area contributed by atoms with Gasteiger partial charge in [0.15, 0.2) is 5.65 Å². The summed E-state index contributed by atoms with van der Waals surface area (Å²) in [6.07, 6.45) is 3.01. The topological polar surface area (TPSA) is 99.8 Å². The van der Waals surface area contributed by atoms with Gasteiger partial charge in [0.25, 0.3) is 11.5 Å². The predicted molar refractivity (Wildman–Crippen MR) is 128 cm³/mol. The van der Waals surface area contributed by atoms with Crippen molar-refractivity contribution in [3.63, 3.8) is 0 Å². The number of nitrogens with zero attached hydrogens (tertiary/aromatic N) is 4. The molecule has 9 heteroatoms. The highest BCUT2D eigenvalue weighted by molar-refractivity contribution is 6.00. The van der Waals surface area contributed by atoms with Crippen molar-refractivity contribution in [1.29, 1.82) is 0 Å². The fourth-order valence-electron chi connectivity index (χ4n) is 3.86. The van der Waals surface area contributed by atoms with E-state index in [0.717, 1.165) is 15.8 Å². The van der Waals surface area contributed by atoms with E-state index in [4.69, 9.17) is 9.47 Å². The van der Waals surface area contributed by atoms with Crippen LogP contribution >= 0.6 is 0 Å². The highest BCUT2D eigenvalue weighted by atomic mass is 16.5. The second-order valence-electron chi connectivity index (χ2n) is 7.57. The maximum Gasteiger partial charge on any atom is 0.280 e. The second-order valence-corrected chi connectivity index (χ2v) is 7.57. The molecule has 0 aliphatic heterocycles. The molecule has 3 aromatic heterocycles. The van der Waals surface area contributed by atoms with Crippen LogP contribution in [0.25, 0.3) is 27.7 Å². The lowest BCUT2D eigenvalue weighted by Gasteiger charge is -2.10. The fourth-order valence-corrected chi connectivity index (χ4v) is 3.86. The van der Waals surface area contributed by atoms with E-state index < -0.39 is 11.5 Å². The lowest BCUT2D eigenvalue weighted by molar-refractivity contribution is 0.101. The molecular weight excluding hydrogens is 434 g/mol. The van der Waals surface area contributed by atoms with Crippen LogP contribution in [0.5, 0.6) is 5.75 Å². The molecule has 2 aromatic carbocycles. The molecule has 0 atom stereocenters. The van der Waals surface area contributed by atoms with Gasteiger partial charge in [0.1, 0.15) is 5.75 Å². The van der Waals surface area contributed by atoms with Crippen molar-refractivity contribution in [3.8, 4) is 16.9 Å². The Labute approximate surface area is 194 Å². The summed E-state index contributed by atoms with van der Waals surface area (Å²) < 4.78 is 13.2. The Balaban J connectivity index is 1.58. The van der Waals surface area contributed by atoms with Crippen LogP contribution in [0.4, 0.5) is 0 Å². The highest BCUT2D eigenvalue weighted by Crippen LogP contribution is 2.29. The fraction of sp³-hybridized carbons (Fsp3) is 0.120. The number of aromatic nitrogens is 4. The van der Waals surface area contributed by atoms with Gasteiger partial charge < -0.3 is 9.47 Å². The van der Waals surface area contributed by atoms with Crippen LogP contribution in [0.1, 0.15) is 16.1 Å². The van der Waals surface area contributed by atoms with Crippen molar-refractivity contribution in [1.82, 2.24) is 19.3 Å². The minimum atomic E-state index is -0.425. The molecule has 0 saturated heterocycles. The van der Waals surface area contributed by atoms with E-state index in [1.165, 1.54) is 12.4 Å². The van der Waals surface area contributed by atoms with Gasteiger partial charge in [-0.2, -0.15) is 5.10 Å². The number of hydrogen-bond donors (Lipinski definition) is 1. The standard InChI is InChI=1S/C25H21N5O4/c1-33-15-20-22(16-6-4-3-5-7-16)23-26-14-19-21(30(23)27-20)12-13-29(25(19)32)28-24(31)17-8-10-18(34-2)11-9-17/h3-14H,15H2,1-2H3,(H,28,31). The molecule has 0 saturated carbocycles. The number of benzene rings is 2. The number of rotatable bonds is 6. The molecule has 5 aromatic rings. The molecule has 3 heterocycles. The van der Waals surface area contributed by atoms with Gasteiger partial charge in [-0.05, 0) is 35.9 Å². The van der Waals surface area contributed by atoms with Gasteiger partial charge in [-0.3, -0.25) is 15.0 Å². The van der Waals surface area contributed by atoms with E-state index in [2.05, 4.69) is 15.5 Å². The summed E-state index contributed by atoms with van der Waals surface area (Å²) in [7, 11) is 3.16. The van der Waals surface area contributed by atoms with Crippen LogP contribution in [-0.4, -0.2) is 39.4 Å². The molecule has 0 bridgehead atoms. The third-order valence-electron chi connectivity index (χ3n) is 5.50. The number of pyridine rings is 1. The predicted octanol–water partition coefficient (Wildman–Crippen LogP) is 3.25. The summed E-state index contributed by atoms with van der Waals surface area (Å²) in [6.45, 7) is 0.296. The number of ether oxygens (including phenoxy) is 2. The molecule has 0 aliphatic rings. The average molecular weight is 455 g/mol. The molecule has 0 fully saturated rings. The first-order valence-electron chi connectivity index (χ1n) is 10.5. The van der Waals surface area contributed by atoms with Crippen LogP contribution in [0.3, 0.4) is 0 Å². The van der Waals surface area contributed by atoms with E-state index in [-0.39, 0.29) is 0 Å². The molecular formula is C25H21N5O4. The van der Waals surface area contributed by atoms with Crippen molar-refractivity contribution in [2.75, 3.05) is 19.6 Å². The number of methoxy groups -OCH3 is 2. The smallest absolute Gasteiger partial charge is 0.280 e. The molecule has 34 heavy (non-hydrogen) atoms. The van der Waals surface area contributed by atoms with Crippen molar-refractivity contribution in [2.45, 2.75) is 6.61 Å². The number of nitrogens with one attached hydrogen (secondary N) is 1. The average Bonchev–Trinajstić information content (AvgIpc) is 3.25. The SMILES string of the molecule is COCc1nn2c(ncc3c(=O)n(NC(=O)c4ccc(OC)cc4)ccc32)c1-c1ccccc1. The van der Waals surface area contributed by atoms with Gasteiger partial charge in [0.2, 0.25) is 0 Å². The zero-order valence-electron chi connectivity index (χ0n) is 18.6. The summed E-state index contributed by atoms with van der Waals surface area (Å²) >= 11 is 0. The normalized spacial score (nSPS) is 11.1. The van der Waals surface area contributed by atoms with E-state index in [1.807, 2.05) is 30.3 Å². The lowest BCUT2D eigenvalue weighted by Crippen LogP contribution is -2.32. The van der Waals surface area contributed by atoms with Gasteiger partial charge >= 0.3 is 0 Å². The Bertz CT molecular complexity index is 1560. The van der Waals surface area contributed by atoms with Crippen LogP contribution in [0.15, 0.2) is 77.9 Å². The van der Waals surface area contributed by atoms with E-state index >= 15 is 0 Å². The van der Waals surface area contributed by atoms with Crippen LogP contribution in [0, 0.1) is 0 Å². The first-order chi connectivity index (χ1) is 16.6. The zero-order chi connectivity index (χ0) is 23.7. The summed E-state index contributed by atoms with van der Waals surface area (Å²) in [5.41, 5.74) is 6.30. The molecule has 0 spiro atoms. The van der Waals surface area contributed by atoms with E-state index in [9.17, 15) is 9.59 Å². The van der Waals surface area contributed by atoms with Crippen molar-refractivity contribution >= 4 is 22.5 Å². The summed E-state index contributed by atoms with van der Waals surface area (Å²) in [5, 5.41) is 5.00. The second kappa shape index (κ2) is 8.80. The van der Waals surface area contributed by atoms with Gasteiger partial charge in [-0.15, -0.1) is 0 Å². The molecule has 170 valence electrons. The van der Waals surface area contributed by atoms with Crippen molar-refractivity contribution in [2.24, 2.45) is 0 Å². The Morgan fingerprint density at radius 2 is 1.79 bits per heavy atom. The molecule has 5 rings (SSSR count). The first-order valence-corrected chi connectivity index (χ1v) is 10.5. The van der Waals surface area contributed by atoms with Gasteiger partial charge in [0, 0.05) is 25.1 Å². The van der Waals surface area contributed by atoms with E-state index in [0.29, 0.717) is 40.2 Å². The molecule has 0 aliphatic carbocycles. The number of carbonyl (C=O) groups excluding carboxylic acids is 1. The number of amides is 1. The minimum absolute atomic E-state index is 0.296. The molecule has 9 nitrogen and oxygen atoms in total. The minimum Gasteiger partial charge on any atom is -0.497 e. The van der Waals surface area contributed by atoms with Crippen molar-refractivity contribution in [3.05, 3.63) is 94.7 Å². The maximum absolute atomic E-state index is 13.1. The van der Waals surface area contributed by atoms with Crippen LogP contribution < -0.4 is 15.7 Å². The molecule has 1 amide bonds. The Morgan fingerprint density at radius 3 is 2.50 bits per heavy atom. The quantitative estimate of drug-likeness (QED) is 0.422. The monoisotopic (exact) mass is 455 g/mol. The zero-order valence-corrected chi connectivity index (χ0v) is 18.6. The van der Waals surface area contributed by atoms with Gasteiger partial charge in [0.05, 0.1) is 35.9 Å². The highest BCUT2D eigenvalue weighted by Gasteiger charge is 2.19. The number of carbonyl (C=O) groups is 1. The van der Waals surface area contributed by atoms with Gasteiger partial charge in [-0.25, -0.2) is 14.2 Å². The Hall–Kier alpha value is -4.50. The third-order valence-corrected chi connectivity index (χ3v) is 5.50. The first kappa shape index (κ1) is 21.4. The van der Waals surface area contributed by atoms with Crippen LogP contribution in [0.2, 0.25) is 0 Å². The Kier molecular flexibility index (Phi) is 5.52. The third kappa shape index (κ3) is 3.67. The molecule has 1 N–H and O–H groups in total. The summed E-state index contributed by atoms with van der Waals surface area (Å²) in [5.74, 6) is 0.211. The number of fused-ring (bicyclic) bond motifs is 3. The van der Waals surface area contributed by atoms with E-state index in [1.54, 1.807) is 49.1 Å². The summed E-state index contributed by atoms with van der Waals surface area (Å²) in [4.78, 5) is 30.3. The lowest BCUT2D eigenvalue weighted by atomic mass is 10.1. The summed E-state index contributed by atoms with van der Waals surface area (Å²) in [6, 6.07) is 18.1. The van der Waals surface area contributed by atoms with Gasteiger partial charge in [-0.1, -0.05) is 30.3 Å². The largest absolute Gasteiger partial charge is 0.497 e. The maximum atomic E-state index is 13.1. The number of hydrogen-bond acceptors (Lipinski definition) is 6. The molecule has 0 radical (unpaired) electrons. The Morgan fingerprint density at radius 1 is 1.03 bits per heavy atom.